The third kappa shape index (κ3) is 4.87. The molecule has 0 spiro atoms. The Labute approximate surface area is 100 Å². The Hall–Kier alpha value is -0.250. The first-order valence-corrected chi connectivity index (χ1v) is 6.84. The van der Waals surface area contributed by atoms with E-state index in [0.717, 1.165) is 31.3 Å². The lowest BCUT2D eigenvalue weighted by atomic mass is 10.2. The summed E-state index contributed by atoms with van der Waals surface area (Å²) in [6.07, 6.45) is 4.57. The Morgan fingerprint density at radius 3 is 2.47 bits per heavy atom. The number of carbonyl (C=O) groups excluding carboxylic acids is 1. The number of carbonyl (C=O) groups is 1. The summed E-state index contributed by atoms with van der Waals surface area (Å²) in [5.74, 6) is 0.390. The summed E-state index contributed by atoms with van der Waals surface area (Å²) in [5.41, 5.74) is 0. The number of rotatable bonds is 3. The molecule has 1 saturated heterocycles. The van der Waals surface area contributed by atoms with E-state index in [1.54, 1.807) is 0 Å². The maximum Gasteiger partial charge on any atom is 0.409 e. The molecule has 4 heteroatoms. The Morgan fingerprint density at radius 1 is 1.33 bits per heavy atom. The molecule has 0 saturated carbocycles. The second-order valence-corrected chi connectivity index (χ2v) is 4.89. The molecule has 0 N–H and O–H groups in total. The summed E-state index contributed by atoms with van der Waals surface area (Å²) < 4.78 is 5.25. The fraction of sp³-hybridized carbons (Fsp3) is 0.909. The van der Waals surface area contributed by atoms with Crippen LogP contribution in [-0.4, -0.2) is 36.0 Å². The van der Waals surface area contributed by atoms with Crippen LogP contribution in [0.1, 0.15) is 32.6 Å². The highest BCUT2D eigenvalue weighted by Crippen LogP contribution is 2.11. The maximum atomic E-state index is 11.7. The molecular weight excluding hydrogens is 258 g/mol. The van der Waals surface area contributed by atoms with Gasteiger partial charge < -0.3 is 9.64 Å². The van der Waals surface area contributed by atoms with Crippen LogP contribution < -0.4 is 0 Å². The van der Waals surface area contributed by atoms with Crippen molar-refractivity contribution >= 4 is 22.0 Å². The fourth-order valence-electron chi connectivity index (χ4n) is 1.60. The maximum absolute atomic E-state index is 11.7. The topological polar surface area (TPSA) is 29.5 Å². The van der Waals surface area contributed by atoms with Crippen LogP contribution >= 0.6 is 15.9 Å². The molecule has 15 heavy (non-hydrogen) atoms. The van der Waals surface area contributed by atoms with Gasteiger partial charge >= 0.3 is 6.09 Å². The number of nitrogens with zero attached hydrogens (tertiary/aromatic N) is 1. The zero-order valence-electron chi connectivity index (χ0n) is 9.38. The van der Waals surface area contributed by atoms with Gasteiger partial charge in [-0.15, -0.1) is 0 Å². The third-order valence-electron chi connectivity index (χ3n) is 2.62. The molecule has 0 bridgehead atoms. The highest BCUT2D eigenvalue weighted by Gasteiger charge is 2.17. The van der Waals surface area contributed by atoms with Crippen LogP contribution in [0.4, 0.5) is 4.79 Å². The Balaban J connectivity index is 2.25. The van der Waals surface area contributed by atoms with E-state index >= 15 is 0 Å². The van der Waals surface area contributed by atoms with Crippen molar-refractivity contribution in [3.63, 3.8) is 0 Å². The molecule has 3 nitrogen and oxygen atoms in total. The number of likely N-dealkylation sites (tertiary alicyclic amines) is 1. The van der Waals surface area contributed by atoms with Gasteiger partial charge in [-0.3, -0.25) is 0 Å². The second-order valence-electron chi connectivity index (χ2n) is 4.24. The second kappa shape index (κ2) is 7.09. The first-order chi connectivity index (χ1) is 7.24. The Bertz CT molecular complexity index is 191. The summed E-state index contributed by atoms with van der Waals surface area (Å²) in [6.45, 7) is 4.30. The van der Waals surface area contributed by atoms with Crippen LogP contribution in [-0.2, 0) is 4.74 Å². The number of amides is 1. The first-order valence-electron chi connectivity index (χ1n) is 5.71. The molecule has 1 aliphatic rings. The molecule has 0 radical (unpaired) electrons. The molecule has 1 aliphatic heterocycles. The van der Waals surface area contributed by atoms with E-state index in [1.807, 2.05) is 4.90 Å². The standard InChI is InChI=1S/C11H20BrNO2/c1-10(8-12)9-15-11(14)13-6-4-2-3-5-7-13/h10H,2-9H2,1H3. The van der Waals surface area contributed by atoms with Gasteiger partial charge in [0.15, 0.2) is 0 Å². The predicted molar refractivity (Wildman–Crippen MR) is 64.3 cm³/mol. The van der Waals surface area contributed by atoms with Crippen molar-refractivity contribution in [3.8, 4) is 0 Å². The molecule has 1 fully saturated rings. The minimum atomic E-state index is -0.135. The largest absolute Gasteiger partial charge is 0.449 e. The van der Waals surface area contributed by atoms with Gasteiger partial charge in [0, 0.05) is 24.3 Å². The first kappa shape index (κ1) is 12.8. The monoisotopic (exact) mass is 277 g/mol. The van der Waals surface area contributed by atoms with Gasteiger partial charge in [-0.2, -0.15) is 0 Å². The van der Waals surface area contributed by atoms with Crippen LogP contribution in [0.15, 0.2) is 0 Å². The average Bonchev–Trinajstić information content (AvgIpc) is 2.53. The summed E-state index contributed by atoms with van der Waals surface area (Å²) in [7, 11) is 0. The van der Waals surface area contributed by atoms with Gasteiger partial charge in [0.05, 0.1) is 6.61 Å². The predicted octanol–water partition coefficient (Wildman–Crippen LogP) is 3.03. The molecular formula is C11H20BrNO2. The molecule has 0 aromatic heterocycles. The molecule has 1 heterocycles. The lowest BCUT2D eigenvalue weighted by molar-refractivity contribution is 0.0939. The number of alkyl halides is 1. The SMILES string of the molecule is CC(CBr)COC(=O)N1CCCCCC1. The minimum Gasteiger partial charge on any atom is -0.449 e. The van der Waals surface area contributed by atoms with Crippen LogP contribution in [0.2, 0.25) is 0 Å². The van der Waals surface area contributed by atoms with E-state index in [2.05, 4.69) is 22.9 Å². The molecule has 1 amide bonds. The summed E-state index contributed by atoms with van der Waals surface area (Å²) >= 11 is 3.37. The molecule has 0 aromatic rings. The van der Waals surface area contributed by atoms with Crippen molar-refractivity contribution < 1.29 is 9.53 Å². The van der Waals surface area contributed by atoms with Gasteiger partial charge in [-0.25, -0.2) is 4.79 Å². The van der Waals surface area contributed by atoms with Crippen molar-refractivity contribution in [3.05, 3.63) is 0 Å². The van der Waals surface area contributed by atoms with E-state index in [9.17, 15) is 4.79 Å². The van der Waals surface area contributed by atoms with E-state index < -0.39 is 0 Å². The molecule has 1 rings (SSSR count). The van der Waals surface area contributed by atoms with Gasteiger partial charge in [-0.05, 0) is 12.8 Å². The average molecular weight is 278 g/mol. The highest BCUT2D eigenvalue weighted by atomic mass is 79.9. The fourth-order valence-corrected chi connectivity index (χ4v) is 1.79. The molecule has 1 unspecified atom stereocenters. The van der Waals surface area contributed by atoms with Crippen LogP contribution in [0, 0.1) is 5.92 Å². The van der Waals surface area contributed by atoms with E-state index in [1.165, 1.54) is 12.8 Å². The van der Waals surface area contributed by atoms with Gasteiger partial charge in [-0.1, -0.05) is 35.7 Å². The van der Waals surface area contributed by atoms with Crippen molar-refractivity contribution in [1.29, 1.82) is 0 Å². The molecule has 1 atom stereocenters. The van der Waals surface area contributed by atoms with E-state index in [4.69, 9.17) is 4.74 Å². The number of hydrogen-bond donors (Lipinski definition) is 0. The quantitative estimate of drug-likeness (QED) is 0.743. The zero-order chi connectivity index (χ0) is 11.1. The van der Waals surface area contributed by atoms with E-state index in [0.29, 0.717) is 12.5 Å². The Morgan fingerprint density at radius 2 is 1.93 bits per heavy atom. The number of hydrogen-bond acceptors (Lipinski definition) is 2. The van der Waals surface area contributed by atoms with Crippen LogP contribution in [0.5, 0.6) is 0 Å². The lowest BCUT2D eigenvalue weighted by Crippen LogP contribution is -2.33. The van der Waals surface area contributed by atoms with Gasteiger partial charge in [0.2, 0.25) is 0 Å². The number of halogens is 1. The van der Waals surface area contributed by atoms with Gasteiger partial charge in [0.1, 0.15) is 0 Å². The highest BCUT2D eigenvalue weighted by molar-refractivity contribution is 9.09. The van der Waals surface area contributed by atoms with Crippen LogP contribution in [0.3, 0.4) is 0 Å². The van der Waals surface area contributed by atoms with Gasteiger partial charge in [0.25, 0.3) is 0 Å². The van der Waals surface area contributed by atoms with Crippen LogP contribution in [0.25, 0.3) is 0 Å². The number of ether oxygens (including phenoxy) is 1. The molecule has 0 aromatic carbocycles. The minimum absolute atomic E-state index is 0.135. The van der Waals surface area contributed by atoms with Crippen molar-refractivity contribution in [2.45, 2.75) is 32.6 Å². The smallest absolute Gasteiger partial charge is 0.409 e. The molecule has 0 aliphatic carbocycles. The lowest BCUT2D eigenvalue weighted by Gasteiger charge is -2.20. The third-order valence-corrected chi connectivity index (χ3v) is 3.72. The summed E-state index contributed by atoms with van der Waals surface area (Å²) in [5, 5.41) is 0.875. The summed E-state index contributed by atoms with van der Waals surface area (Å²) in [6, 6.07) is 0. The van der Waals surface area contributed by atoms with Crippen molar-refractivity contribution in [2.75, 3.05) is 25.0 Å². The zero-order valence-corrected chi connectivity index (χ0v) is 11.0. The summed E-state index contributed by atoms with van der Waals surface area (Å²) in [4.78, 5) is 13.5. The van der Waals surface area contributed by atoms with Crippen molar-refractivity contribution in [2.24, 2.45) is 5.92 Å². The normalized spacial score (nSPS) is 19.5. The Kier molecular flexibility index (Phi) is 6.06. The van der Waals surface area contributed by atoms with Crippen molar-refractivity contribution in [1.82, 2.24) is 4.90 Å². The molecule has 88 valence electrons. The van der Waals surface area contributed by atoms with E-state index in [-0.39, 0.29) is 6.09 Å².